The molecule has 1 N–H and O–H groups in total. The van der Waals surface area contributed by atoms with Crippen LogP contribution in [0.2, 0.25) is 0 Å². The number of nitrogens with one attached hydrogen (secondary N) is 1. The summed E-state index contributed by atoms with van der Waals surface area (Å²) < 4.78 is 12.3. The molecule has 1 aromatic heterocycles. The SMILES string of the molecule is Cn1cc(C(=O)OCCCNC(=O)OC(C)(C)C)c2ccccc21. The number of nitrogens with zero attached hydrogens (tertiary/aromatic N) is 1. The van der Waals surface area contributed by atoms with Gasteiger partial charge in [0.15, 0.2) is 0 Å². The number of ether oxygens (including phenoxy) is 2. The van der Waals surface area contributed by atoms with Crippen molar-refractivity contribution in [3.8, 4) is 0 Å². The summed E-state index contributed by atoms with van der Waals surface area (Å²) in [5, 5.41) is 3.50. The number of carbonyl (C=O) groups is 2. The van der Waals surface area contributed by atoms with Gasteiger partial charge in [-0.25, -0.2) is 9.59 Å². The van der Waals surface area contributed by atoms with Crippen LogP contribution in [0, 0.1) is 0 Å². The Kier molecular flexibility index (Phi) is 5.49. The van der Waals surface area contributed by atoms with E-state index in [-0.39, 0.29) is 12.6 Å². The predicted molar refractivity (Wildman–Crippen MR) is 92.1 cm³/mol. The number of benzene rings is 1. The third-order valence-electron chi connectivity index (χ3n) is 3.34. The lowest BCUT2D eigenvalue weighted by atomic mass is 10.2. The lowest BCUT2D eigenvalue weighted by Gasteiger charge is -2.19. The maximum atomic E-state index is 12.2. The minimum Gasteiger partial charge on any atom is -0.462 e. The van der Waals surface area contributed by atoms with Crippen molar-refractivity contribution in [1.82, 2.24) is 9.88 Å². The lowest BCUT2D eigenvalue weighted by Crippen LogP contribution is -2.33. The molecule has 0 saturated heterocycles. The molecule has 0 atom stereocenters. The number of aromatic nitrogens is 1. The molecule has 0 saturated carbocycles. The van der Waals surface area contributed by atoms with Crippen molar-refractivity contribution >= 4 is 23.0 Å². The van der Waals surface area contributed by atoms with Crippen LogP contribution >= 0.6 is 0 Å². The maximum Gasteiger partial charge on any atom is 0.407 e. The summed E-state index contributed by atoms with van der Waals surface area (Å²) in [5.74, 6) is -0.357. The van der Waals surface area contributed by atoms with Crippen LogP contribution in [0.15, 0.2) is 30.5 Å². The Bertz CT molecular complexity index is 728. The zero-order valence-corrected chi connectivity index (χ0v) is 14.6. The third-order valence-corrected chi connectivity index (χ3v) is 3.34. The Balaban J connectivity index is 1.78. The van der Waals surface area contributed by atoms with Crippen LogP contribution in [0.5, 0.6) is 0 Å². The van der Waals surface area contributed by atoms with Gasteiger partial charge in [-0.2, -0.15) is 0 Å². The van der Waals surface area contributed by atoms with Crippen molar-refractivity contribution in [3.63, 3.8) is 0 Å². The zero-order valence-electron chi connectivity index (χ0n) is 14.6. The third kappa shape index (κ3) is 4.75. The fourth-order valence-corrected chi connectivity index (χ4v) is 2.32. The Morgan fingerprint density at radius 2 is 1.92 bits per heavy atom. The van der Waals surface area contributed by atoms with Gasteiger partial charge >= 0.3 is 12.1 Å². The molecule has 24 heavy (non-hydrogen) atoms. The van der Waals surface area contributed by atoms with Crippen molar-refractivity contribution in [2.24, 2.45) is 7.05 Å². The second-order valence-electron chi connectivity index (χ2n) is 6.59. The number of amides is 1. The van der Waals surface area contributed by atoms with Gasteiger partial charge in [0.1, 0.15) is 5.60 Å². The molecule has 0 aliphatic heterocycles. The summed E-state index contributed by atoms with van der Waals surface area (Å²) in [5.41, 5.74) is 1.01. The monoisotopic (exact) mass is 332 g/mol. The summed E-state index contributed by atoms with van der Waals surface area (Å²) in [7, 11) is 1.89. The maximum absolute atomic E-state index is 12.2. The summed E-state index contributed by atoms with van der Waals surface area (Å²) in [4.78, 5) is 23.7. The van der Waals surface area contributed by atoms with E-state index in [1.54, 1.807) is 27.0 Å². The largest absolute Gasteiger partial charge is 0.462 e. The molecule has 6 heteroatoms. The van der Waals surface area contributed by atoms with E-state index in [1.807, 2.05) is 35.9 Å². The molecule has 0 unspecified atom stereocenters. The molecule has 6 nitrogen and oxygen atoms in total. The molecular formula is C18H24N2O4. The molecule has 0 spiro atoms. The van der Waals surface area contributed by atoms with Crippen molar-refractivity contribution in [2.45, 2.75) is 32.8 Å². The number of hydrogen-bond donors (Lipinski definition) is 1. The minimum absolute atomic E-state index is 0.234. The fraction of sp³-hybridized carbons (Fsp3) is 0.444. The van der Waals surface area contributed by atoms with Crippen molar-refractivity contribution in [3.05, 3.63) is 36.0 Å². The molecule has 2 aromatic rings. The number of carbonyl (C=O) groups excluding carboxylic acids is 2. The second-order valence-corrected chi connectivity index (χ2v) is 6.59. The number of fused-ring (bicyclic) bond motifs is 1. The lowest BCUT2D eigenvalue weighted by molar-refractivity contribution is 0.0484. The molecule has 0 bridgehead atoms. The van der Waals surface area contributed by atoms with Gasteiger partial charge in [-0.1, -0.05) is 18.2 Å². The van der Waals surface area contributed by atoms with Crippen LogP contribution < -0.4 is 5.32 Å². The number of aryl methyl sites for hydroxylation is 1. The van der Waals surface area contributed by atoms with E-state index in [9.17, 15) is 9.59 Å². The summed E-state index contributed by atoms with van der Waals surface area (Å²) in [6.07, 6.45) is 1.82. The zero-order chi connectivity index (χ0) is 17.7. The first-order valence-corrected chi connectivity index (χ1v) is 7.96. The van der Waals surface area contributed by atoms with Crippen LogP contribution in [0.4, 0.5) is 4.79 Å². The normalized spacial score (nSPS) is 11.3. The minimum atomic E-state index is -0.523. The highest BCUT2D eigenvalue weighted by atomic mass is 16.6. The van der Waals surface area contributed by atoms with Gasteiger partial charge in [0, 0.05) is 30.7 Å². The summed E-state index contributed by atoms with van der Waals surface area (Å²) >= 11 is 0. The standard InChI is InChI=1S/C18H24N2O4/c1-18(2,3)24-17(22)19-10-7-11-23-16(21)14-12-20(4)15-9-6-5-8-13(14)15/h5-6,8-9,12H,7,10-11H2,1-4H3,(H,19,22). The van der Waals surface area contributed by atoms with E-state index in [1.165, 1.54) is 0 Å². The highest BCUT2D eigenvalue weighted by Gasteiger charge is 2.16. The quantitative estimate of drug-likeness (QED) is 0.674. The van der Waals surface area contributed by atoms with Gasteiger partial charge in [-0.05, 0) is 33.3 Å². The molecule has 0 fully saturated rings. The smallest absolute Gasteiger partial charge is 0.407 e. The Hall–Kier alpha value is -2.50. The number of rotatable bonds is 5. The Labute approximate surface area is 141 Å². The van der Waals surface area contributed by atoms with Gasteiger partial charge in [-0.3, -0.25) is 0 Å². The first-order valence-electron chi connectivity index (χ1n) is 7.96. The highest BCUT2D eigenvalue weighted by molar-refractivity contribution is 6.04. The van der Waals surface area contributed by atoms with Crippen molar-refractivity contribution < 1.29 is 19.1 Å². The molecule has 130 valence electrons. The topological polar surface area (TPSA) is 69.6 Å². The van der Waals surface area contributed by atoms with Gasteiger partial charge in [0.25, 0.3) is 0 Å². The number of hydrogen-bond acceptors (Lipinski definition) is 4. The Morgan fingerprint density at radius 1 is 1.21 bits per heavy atom. The first kappa shape index (κ1) is 17.8. The van der Waals surface area contributed by atoms with Crippen LogP contribution in [-0.2, 0) is 16.5 Å². The molecule has 0 aliphatic carbocycles. The molecule has 0 radical (unpaired) electrons. The van der Waals surface area contributed by atoms with E-state index in [0.717, 1.165) is 10.9 Å². The van der Waals surface area contributed by atoms with Gasteiger partial charge in [0.05, 0.1) is 12.2 Å². The molecule has 0 aliphatic rings. The number of esters is 1. The van der Waals surface area contributed by atoms with E-state index >= 15 is 0 Å². The van der Waals surface area contributed by atoms with Crippen LogP contribution in [0.25, 0.3) is 10.9 Å². The average molecular weight is 332 g/mol. The van der Waals surface area contributed by atoms with Gasteiger partial charge < -0.3 is 19.4 Å². The molecule has 2 rings (SSSR count). The van der Waals surface area contributed by atoms with Crippen LogP contribution in [0.1, 0.15) is 37.6 Å². The fourth-order valence-electron chi connectivity index (χ4n) is 2.32. The summed E-state index contributed by atoms with van der Waals surface area (Å²) in [6.45, 7) is 6.03. The molecule has 1 amide bonds. The van der Waals surface area contributed by atoms with Gasteiger partial charge in [0.2, 0.25) is 0 Å². The Morgan fingerprint density at radius 3 is 2.62 bits per heavy atom. The second kappa shape index (κ2) is 7.38. The van der Waals surface area contributed by atoms with E-state index in [0.29, 0.717) is 18.5 Å². The van der Waals surface area contributed by atoms with Crippen LogP contribution in [-0.4, -0.2) is 35.4 Å². The average Bonchev–Trinajstić information content (AvgIpc) is 2.83. The highest BCUT2D eigenvalue weighted by Crippen LogP contribution is 2.20. The number of para-hydroxylation sites is 1. The molecule has 1 heterocycles. The number of alkyl carbamates (subject to hydrolysis) is 1. The molecule has 1 aromatic carbocycles. The summed E-state index contributed by atoms with van der Waals surface area (Å²) in [6, 6.07) is 7.68. The van der Waals surface area contributed by atoms with Crippen molar-refractivity contribution in [2.75, 3.05) is 13.2 Å². The first-order chi connectivity index (χ1) is 11.3. The predicted octanol–water partition coefficient (Wildman–Crippen LogP) is 3.25. The van der Waals surface area contributed by atoms with E-state index in [2.05, 4.69) is 5.32 Å². The van der Waals surface area contributed by atoms with E-state index in [4.69, 9.17) is 9.47 Å². The van der Waals surface area contributed by atoms with Crippen molar-refractivity contribution in [1.29, 1.82) is 0 Å². The molecular weight excluding hydrogens is 308 g/mol. The van der Waals surface area contributed by atoms with E-state index < -0.39 is 11.7 Å². The van der Waals surface area contributed by atoms with Crippen LogP contribution in [0.3, 0.4) is 0 Å². The van der Waals surface area contributed by atoms with Gasteiger partial charge in [-0.15, -0.1) is 0 Å².